The summed E-state index contributed by atoms with van der Waals surface area (Å²) in [6.07, 6.45) is 1.43. The molecule has 2 aliphatic rings. The predicted octanol–water partition coefficient (Wildman–Crippen LogP) is 4.29. The Morgan fingerprint density at radius 2 is 1.52 bits per heavy atom. The molecule has 1 amide bonds. The summed E-state index contributed by atoms with van der Waals surface area (Å²) in [4.78, 5) is 15.0. The number of amides is 1. The molecule has 0 fully saturated rings. The van der Waals surface area contributed by atoms with Crippen LogP contribution in [-0.2, 0) is 29.4 Å². The molecule has 158 valence electrons. The van der Waals surface area contributed by atoms with Gasteiger partial charge in [-0.25, -0.2) is 8.42 Å². The van der Waals surface area contributed by atoms with E-state index in [4.69, 9.17) is 11.6 Å². The van der Waals surface area contributed by atoms with Gasteiger partial charge in [0, 0.05) is 25.3 Å². The van der Waals surface area contributed by atoms with Gasteiger partial charge in [0.25, 0.3) is 5.91 Å². The molecule has 7 heteroatoms. The van der Waals surface area contributed by atoms with Gasteiger partial charge in [-0.3, -0.25) is 4.79 Å². The fraction of sp³-hybridized carbons (Fsp3) is 0.208. The summed E-state index contributed by atoms with van der Waals surface area (Å²) in [5, 5.41) is 0.248. The van der Waals surface area contributed by atoms with Gasteiger partial charge in [0.05, 0.1) is 15.5 Å². The molecule has 31 heavy (non-hydrogen) atoms. The van der Waals surface area contributed by atoms with E-state index in [9.17, 15) is 13.2 Å². The zero-order valence-corrected chi connectivity index (χ0v) is 18.4. The minimum atomic E-state index is -3.76. The van der Waals surface area contributed by atoms with E-state index >= 15 is 0 Å². The van der Waals surface area contributed by atoms with E-state index in [1.807, 2.05) is 48.5 Å². The average molecular weight is 453 g/mol. The molecule has 0 saturated carbocycles. The Kier molecular flexibility index (Phi) is 5.08. The van der Waals surface area contributed by atoms with E-state index < -0.39 is 10.0 Å². The van der Waals surface area contributed by atoms with Crippen molar-refractivity contribution in [1.29, 1.82) is 0 Å². The number of hydrogen-bond acceptors (Lipinski definition) is 3. The van der Waals surface area contributed by atoms with Gasteiger partial charge in [0.1, 0.15) is 0 Å². The number of carbonyl (C=O) groups excluding carboxylic acids is 1. The van der Waals surface area contributed by atoms with Gasteiger partial charge >= 0.3 is 0 Å². The molecule has 0 aromatic heterocycles. The summed E-state index contributed by atoms with van der Waals surface area (Å²) in [6, 6.07) is 20.0. The Labute approximate surface area is 186 Å². The minimum absolute atomic E-state index is 0.0899. The molecule has 0 saturated heterocycles. The lowest BCUT2D eigenvalue weighted by Gasteiger charge is -2.28. The monoisotopic (exact) mass is 452 g/mol. The minimum Gasteiger partial charge on any atom is -0.308 e. The van der Waals surface area contributed by atoms with Crippen LogP contribution in [0.1, 0.15) is 27.0 Å². The van der Waals surface area contributed by atoms with E-state index in [0.29, 0.717) is 26.1 Å². The number of nitrogens with zero attached hydrogens (tertiary/aromatic N) is 2. The van der Waals surface area contributed by atoms with Crippen LogP contribution in [0.3, 0.4) is 0 Å². The molecule has 0 radical (unpaired) electrons. The van der Waals surface area contributed by atoms with Crippen molar-refractivity contribution >= 4 is 33.2 Å². The summed E-state index contributed by atoms with van der Waals surface area (Å²) >= 11 is 6.34. The summed E-state index contributed by atoms with van der Waals surface area (Å²) < 4.78 is 28.2. The number of fused-ring (bicyclic) bond motifs is 2. The van der Waals surface area contributed by atoms with Crippen LogP contribution in [-0.4, -0.2) is 31.7 Å². The highest BCUT2D eigenvalue weighted by atomic mass is 35.5. The van der Waals surface area contributed by atoms with E-state index in [0.717, 1.165) is 23.2 Å². The van der Waals surface area contributed by atoms with Crippen molar-refractivity contribution in [1.82, 2.24) is 4.31 Å². The number of rotatable bonds is 3. The molecule has 2 aliphatic heterocycles. The van der Waals surface area contributed by atoms with Crippen molar-refractivity contribution in [3.05, 3.63) is 94.0 Å². The predicted molar refractivity (Wildman–Crippen MR) is 121 cm³/mol. The van der Waals surface area contributed by atoms with Gasteiger partial charge in [-0.2, -0.15) is 4.31 Å². The maximum Gasteiger partial charge on any atom is 0.259 e. The zero-order valence-electron chi connectivity index (χ0n) is 16.8. The smallest absolute Gasteiger partial charge is 0.259 e. The SMILES string of the molecule is O=C(c1cc(S(=O)(=O)N2CCc3ccccc3C2)ccc1Cl)N1CCc2ccccc21. The third-order valence-corrected chi connectivity index (χ3v) is 8.20. The third-order valence-electron chi connectivity index (χ3n) is 6.03. The molecule has 0 atom stereocenters. The Morgan fingerprint density at radius 1 is 0.839 bits per heavy atom. The number of anilines is 1. The molecule has 5 rings (SSSR count). The molecular formula is C24H21ClN2O3S. The van der Waals surface area contributed by atoms with Gasteiger partial charge < -0.3 is 4.90 Å². The number of hydrogen-bond donors (Lipinski definition) is 0. The van der Waals surface area contributed by atoms with E-state index in [-0.39, 0.29) is 21.4 Å². The van der Waals surface area contributed by atoms with Crippen molar-refractivity contribution < 1.29 is 13.2 Å². The van der Waals surface area contributed by atoms with E-state index in [1.165, 1.54) is 28.1 Å². The molecule has 5 nitrogen and oxygen atoms in total. The first-order valence-electron chi connectivity index (χ1n) is 10.2. The average Bonchev–Trinajstić information content (AvgIpc) is 3.22. The highest BCUT2D eigenvalue weighted by Gasteiger charge is 2.31. The number of sulfonamides is 1. The Bertz CT molecular complexity index is 1290. The second-order valence-corrected chi connectivity index (χ2v) is 10.2. The highest BCUT2D eigenvalue weighted by molar-refractivity contribution is 7.89. The molecule has 3 aromatic carbocycles. The second kappa shape index (κ2) is 7.79. The van der Waals surface area contributed by atoms with Gasteiger partial charge in [-0.1, -0.05) is 54.1 Å². The van der Waals surface area contributed by atoms with Gasteiger partial charge in [0.2, 0.25) is 10.0 Å². The summed E-state index contributed by atoms with van der Waals surface area (Å²) in [7, 11) is -3.76. The number of para-hydroxylation sites is 1. The fourth-order valence-electron chi connectivity index (χ4n) is 4.35. The third kappa shape index (κ3) is 3.55. The Balaban J connectivity index is 1.47. The summed E-state index contributed by atoms with van der Waals surface area (Å²) in [6.45, 7) is 1.28. The van der Waals surface area contributed by atoms with Crippen molar-refractivity contribution in [2.24, 2.45) is 0 Å². The van der Waals surface area contributed by atoms with Crippen molar-refractivity contribution in [3.8, 4) is 0 Å². The topological polar surface area (TPSA) is 57.7 Å². The van der Waals surface area contributed by atoms with Crippen LogP contribution >= 0.6 is 11.6 Å². The molecular weight excluding hydrogens is 432 g/mol. The quantitative estimate of drug-likeness (QED) is 0.595. The van der Waals surface area contributed by atoms with Crippen LogP contribution in [0.25, 0.3) is 0 Å². The molecule has 0 bridgehead atoms. The number of carbonyl (C=O) groups is 1. The molecule has 0 aliphatic carbocycles. The standard InChI is InChI=1S/C24H21ClN2O3S/c25-22-10-9-20(31(29,30)26-13-11-17-5-1-2-7-19(17)16-26)15-21(22)24(28)27-14-12-18-6-3-4-8-23(18)27/h1-10,15H,11-14,16H2. The van der Waals surface area contributed by atoms with Crippen LogP contribution < -0.4 is 4.90 Å². The van der Waals surface area contributed by atoms with Gasteiger partial charge in [0.15, 0.2) is 0 Å². The maximum absolute atomic E-state index is 13.4. The van der Waals surface area contributed by atoms with E-state index in [1.54, 1.807) is 4.90 Å². The van der Waals surface area contributed by atoms with E-state index in [2.05, 4.69) is 0 Å². The summed E-state index contributed by atoms with van der Waals surface area (Å²) in [5.41, 5.74) is 4.34. The highest BCUT2D eigenvalue weighted by Crippen LogP contribution is 2.32. The normalized spacial score (nSPS) is 16.1. The van der Waals surface area contributed by atoms with Crippen LogP contribution in [0.15, 0.2) is 71.6 Å². The van der Waals surface area contributed by atoms with Crippen molar-refractivity contribution in [2.45, 2.75) is 24.3 Å². The second-order valence-electron chi connectivity index (χ2n) is 7.83. The molecule has 0 N–H and O–H groups in total. The van der Waals surface area contributed by atoms with Crippen LogP contribution in [0.2, 0.25) is 5.02 Å². The number of halogens is 1. The first kappa shape index (κ1) is 20.2. The summed E-state index contributed by atoms with van der Waals surface area (Å²) in [5.74, 6) is -0.281. The number of benzene rings is 3. The van der Waals surface area contributed by atoms with Crippen LogP contribution in [0.5, 0.6) is 0 Å². The van der Waals surface area contributed by atoms with Gasteiger partial charge in [-0.05, 0) is 53.8 Å². The van der Waals surface area contributed by atoms with Crippen LogP contribution in [0.4, 0.5) is 5.69 Å². The molecule has 0 unspecified atom stereocenters. The lowest BCUT2D eigenvalue weighted by atomic mass is 10.0. The maximum atomic E-state index is 13.4. The van der Waals surface area contributed by atoms with Gasteiger partial charge in [-0.15, -0.1) is 0 Å². The lowest BCUT2D eigenvalue weighted by molar-refractivity contribution is 0.0989. The van der Waals surface area contributed by atoms with Crippen LogP contribution in [0, 0.1) is 0 Å². The van der Waals surface area contributed by atoms with Crippen molar-refractivity contribution in [2.75, 3.05) is 18.0 Å². The Hall–Kier alpha value is -2.67. The lowest BCUT2D eigenvalue weighted by Crippen LogP contribution is -2.36. The first-order chi connectivity index (χ1) is 14.9. The zero-order chi connectivity index (χ0) is 21.6. The Morgan fingerprint density at radius 3 is 2.32 bits per heavy atom. The molecule has 3 aromatic rings. The fourth-order valence-corrected chi connectivity index (χ4v) is 5.99. The molecule has 0 spiro atoms. The first-order valence-corrected chi connectivity index (χ1v) is 12.0. The largest absolute Gasteiger partial charge is 0.308 e. The van der Waals surface area contributed by atoms with Crippen molar-refractivity contribution in [3.63, 3.8) is 0 Å². The molecule has 2 heterocycles.